The molecular weight excluding hydrogens is 314 g/mol. The molecule has 0 unspecified atom stereocenters. The van der Waals surface area contributed by atoms with Crippen LogP contribution in [0.2, 0.25) is 0 Å². The Kier molecular flexibility index (Phi) is 6.14. The van der Waals surface area contributed by atoms with Crippen LogP contribution >= 0.6 is 0 Å². The fourth-order valence-electron chi connectivity index (χ4n) is 1.82. The smallest absolute Gasteiger partial charge is 0.242 e. The second-order valence-electron chi connectivity index (χ2n) is 4.54. The van der Waals surface area contributed by atoms with E-state index in [-0.39, 0.29) is 23.7 Å². The summed E-state index contributed by atoms with van der Waals surface area (Å²) in [6, 6.07) is 6.18. The summed E-state index contributed by atoms with van der Waals surface area (Å²) >= 11 is 0. The molecule has 120 valence electrons. The summed E-state index contributed by atoms with van der Waals surface area (Å²) in [5.74, 6) is 0. The molecule has 0 heterocycles. The molecule has 1 aromatic rings. The monoisotopic (exact) mass is 335 g/mol. The molecule has 1 aromatic carbocycles. The number of hydrogen-bond donors (Lipinski definition) is 2. The number of nitrogens with two attached hydrogens (primary N) is 1. The molecule has 0 aromatic heterocycles. The van der Waals surface area contributed by atoms with Gasteiger partial charge in [0.25, 0.3) is 0 Å². The molecule has 1 rings (SSSR count). The van der Waals surface area contributed by atoms with Crippen molar-refractivity contribution < 1.29 is 16.8 Å². The number of nitrogens with zero attached hydrogens (tertiary/aromatic N) is 1. The Morgan fingerprint density at radius 3 is 2.33 bits per heavy atom. The van der Waals surface area contributed by atoms with Gasteiger partial charge in [0.2, 0.25) is 20.0 Å². The van der Waals surface area contributed by atoms with E-state index in [1.54, 1.807) is 19.1 Å². The Balaban J connectivity index is 2.58. The van der Waals surface area contributed by atoms with Crippen LogP contribution < -0.4 is 10.5 Å². The first-order valence-electron chi connectivity index (χ1n) is 6.47. The molecule has 0 aliphatic rings. The zero-order chi connectivity index (χ0) is 16.1. The van der Waals surface area contributed by atoms with Crippen molar-refractivity contribution in [2.75, 3.05) is 31.6 Å². The van der Waals surface area contributed by atoms with Crippen LogP contribution in [0.4, 0.5) is 5.69 Å². The number of rotatable bonds is 8. The Morgan fingerprint density at radius 1 is 1.19 bits per heavy atom. The van der Waals surface area contributed by atoms with Gasteiger partial charge in [0.15, 0.2) is 0 Å². The Hall–Kier alpha value is -1.16. The predicted octanol–water partition coefficient (Wildman–Crippen LogP) is 0.219. The molecule has 9 heteroatoms. The second-order valence-corrected chi connectivity index (χ2v) is 8.26. The summed E-state index contributed by atoms with van der Waals surface area (Å²) in [4.78, 5) is 0.0282. The lowest BCUT2D eigenvalue weighted by molar-refractivity contribution is 0.424. The lowest BCUT2D eigenvalue weighted by atomic mass is 10.3. The topological polar surface area (TPSA) is 110 Å². The lowest BCUT2D eigenvalue weighted by Gasteiger charge is -2.17. The summed E-state index contributed by atoms with van der Waals surface area (Å²) in [5.41, 5.74) is 5.81. The average molecular weight is 335 g/mol. The molecule has 0 aliphatic heterocycles. The van der Waals surface area contributed by atoms with E-state index in [2.05, 4.69) is 4.72 Å². The third kappa shape index (κ3) is 5.27. The van der Waals surface area contributed by atoms with E-state index in [9.17, 15) is 16.8 Å². The number of anilines is 1. The van der Waals surface area contributed by atoms with Crippen molar-refractivity contribution in [3.63, 3.8) is 0 Å². The highest BCUT2D eigenvalue weighted by Gasteiger charge is 2.17. The van der Waals surface area contributed by atoms with Crippen LogP contribution in [0.1, 0.15) is 13.3 Å². The number of nitrogen functional groups attached to an aromatic ring is 1. The molecule has 0 fully saturated rings. The van der Waals surface area contributed by atoms with Gasteiger partial charge in [-0.05, 0) is 18.6 Å². The number of sulfonamides is 2. The van der Waals surface area contributed by atoms with Gasteiger partial charge in [0.05, 0.1) is 11.9 Å². The largest absolute Gasteiger partial charge is 0.398 e. The van der Waals surface area contributed by atoms with Crippen molar-refractivity contribution in [3.05, 3.63) is 24.3 Å². The van der Waals surface area contributed by atoms with E-state index in [0.717, 1.165) is 6.26 Å². The fourth-order valence-corrected chi connectivity index (χ4v) is 3.96. The summed E-state index contributed by atoms with van der Waals surface area (Å²) in [6.07, 6.45) is 1.51. The third-order valence-electron chi connectivity index (χ3n) is 2.91. The van der Waals surface area contributed by atoms with Gasteiger partial charge < -0.3 is 5.73 Å². The van der Waals surface area contributed by atoms with Gasteiger partial charge in [-0.15, -0.1) is 0 Å². The minimum absolute atomic E-state index is 0.0282. The summed E-state index contributed by atoms with van der Waals surface area (Å²) in [6.45, 7) is 2.50. The van der Waals surface area contributed by atoms with E-state index >= 15 is 0 Å². The maximum Gasteiger partial charge on any atom is 0.242 e. The molecule has 0 aliphatic carbocycles. The lowest BCUT2D eigenvalue weighted by Crippen LogP contribution is -2.33. The van der Waals surface area contributed by atoms with E-state index < -0.39 is 20.0 Å². The van der Waals surface area contributed by atoms with E-state index in [1.807, 2.05) is 0 Å². The van der Waals surface area contributed by atoms with Crippen molar-refractivity contribution >= 4 is 25.7 Å². The van der Waals surface area contributed by atoms with Gasteiger partial charge in [0, 0.05) is 19.6 Å². The molecule has 7 nitrogen and oxygen atoms in total. The SMILES string of the molecule is CCN(CCCNS(=O)(=O)c1ccccc1N)S(C)(=O)=O. The Labute approximate surface area is 126 Å². The molecular formula is C12H21N3O4S2. The first-order chi connectivity index (χ1) is 9.68. The van der Waals surface area contributed by atoms with Crippen LogP contribution in [0.3, 0.4) is 0 Å². The van der Waals surface area contributed by atoms with Crippen molar-refractivity contribution in [1.82, 2.24) is 9.03 Å². The molecule has 0 saturated carbocycles. The summed E-state index contributed by atoms with van der Waals surface area (Å²) < 4.78 is 50.6. The minimum Gasteiger partial charge on any atom is -0.398 e. The van der Waals surface area contributed by atoms with Gasteiger partial charge in [-0.3, -0.25) is 0 Å². The van der Waals surface area contributed by atoms with Crippen LogP contribution in [0.15, 0.2) is 29.2 Å². The van der Waals surface area contributed by atoms with Crippen molar-refractivity contribution in [1.29, 1.82) is 0 Å². The van der Waals surface area contributed by atoms with Crippen molar-refractivity contribution in [3.8, 4) is 0 Å². The number of hydrogen-bond acceptors (Lipinski definition) is 5. The average Bonchev–Trinajstić information content (AvgIpc) is 2.37. The summed E-state index contributed by atoms with van der Waals surface area (Å²) in [7, 11) is -6.93. The van der Waals surface area contributed by atoms with Crippen LogP contribution in [-0.4, -0.2) is 47.0 Å². The second kappa shape index (κ2) is 7.21. The molecule has 0 bridgehead atoms. The van der Waals surface area contributed by atoms with E-state index in [1.165, 1.54) is 16.4 Å². The van der Waals surface area contributed by atoms with Crippen LogP contribution in [0.5, 0.6) is 0 Å². The zero-order valence-corrected chi connectivity index (χ0v) is 13.7. The Bertz CT molecular complexity index is 671. The normalized spacial score (nSPS) is 12.7. The van der Waals surface area contributed by atoms with E-state index in [4.69, 9.17) is 5.73 Å². The highest BCUT2D eigenvalue weighted by molar-refractivity contribution is 7.89. The van der Waals surface area contributed by atoms with Crippen LogP contribution in [-0.2, 0) is 20.0 Å². The molecule has 3 N–H and O–H groups in total. The first-order valence-corrected chi connectivity index (χ1v) is 9.81. The molecule has 0 atom stereocenters. The minimum atomic E-state index is -3.67. The fraction of sp³-hybridized carbons (Fsp3) is 0.500. The van der Waals surface area contributed by atoms with Gasteiger partial charge >= 0.3 is 0 Å². The highest BCUT2D eigenvalue weighted by Crippen LogP contribution is 2.16. The van der Waals surface area contributed by atoms with Crippen LogP contribution in [0, 0.1) is 0 Å². The molecule has 0 saturated heterocycles. The molecule has 0 spiro atoms. The zero-order valence-electron chi connectivity index (χ0n) is 12.1. The third-order valence-corrected chi connectivity index (χ3v) is 5.82. The van der Waals surface area contributed by atoms with Gasteiger partial charge in [0.1, 0.15) is 4.90 Å². The highest BCUT2D eigenvalue weighted by atomic mass is 32.2. The van der Waals surface area contributed by atoms with E-state index in [0.29, 0.717) is 13.0 Å². The van der Waals surface area contributed by atoms with Crippen molar-refractivity contribution in [2.24, 2.45) is 0 Å². The maximum absolute atomic E-state index is 12.0. The predicted molar refractivity (Wildman–Crippen MR) is 82.8 cm³/mol. The standard InChI is InChI=1S/C12H21N3O4S2/c1-3-15(20(2,16)17)10-6-9-14-21(18,19)12-8-5-4-7-11(12)13/h4-5,7-8,14H,3,6,9-10,13H2,1-2H3. The summed E-state index contributed by atoms with van der Waals surface area (Å²) in [5, 5.41) is 0. The maximum atomic E-state index is 12.0. The molecule has 0 amide bonds. The number of benzene rings is 1. The quantitative estimate of drug-likeness (QED) is 0.522. The molecule has 21 heavy (non-hydrogen) atoms. The Morgan fingerprint density at radius 2 is 1.81 bits per heavy atom. The van der Waals surface area contributed by atoms with Gasteiger partial charge in [-0.25, -0.2) is 25.9 Å². The van der Waals surface area contributed by atoms with Gasteiger partial charge in [-0.1, -0.05) is 19.1 Å². The number of para-hydroxylation sites is 1. The first kappa shape index (κ1) is 17.9. The van der Waals surface area contributed by atoms with Crippen molar-refractivity contribution in [2.45, 2.75) is 18.2 Å². The molecule has 0 radical (unpaired) electrons. The van der Waals surface area contributed by atoms with Crippen LogP contribution in [0.25, 0.3) is 0 Å². The van der Waals surface area contributed by atoms with Gasteiger partial charge in [-0.2, -0.15) is 0 Å². The number of nitrogens with one attached hydrogen (secondary N) is 1.